The van der Waals surface area contributed by atoms with Crippen molar-refractivity contribution in [3.05, 3.63) is 23.8 Å². The molecular weight excluding hydrogens is 286 g/mol. The minimum atomic E-state index is 0.128. The molecule has 23 heavy (non-hydrogen) atoms. The standard InChI is InChI=1S/C20H27NO2/c1-2-4-14-11-21-12-19-9-7-13(8-10-19)18-20(14,19)15-5-3-6-16(22)17(15)23-18/h3,5-6,13-14,18,21-22H,2,4,7-12H2,1H3. The first-order valence-corrected chi connectivity index (χ1v) is 9.43. The summed E-state index contributed by atoms with van der Waals surface area (Å²) < 4.78 is 6.53. The summed E-state index contributed by atoms with van der Waals surface area (Å²) in [6.45, 7) is 4.51. The average Bonchev–Trinajstić information content (AvgIpc) is 2.94. The van der Waals surface area contributed by atoms with E-state index in [1.807, 2.05) is 6.07 Å². The van der Waals surface area contributed by atoms with Crippen LogP contribution in [0.25, 0.3) is 0 Å². The number of rotatable bonds is 2. The fourth-order valence-electron chi connectivity index (χ4n) is 6.85. The number of aromatic hydroxyl groups is 1. The molecule has 1 saturated heterocycles. The van der Waals surface area contributed by atoms with Gasteiger partial charge in [-0.3, -0.25) is 0 Å². The maximum absolute atomic E-state index is 10.4. The Kier molecular flexibility index (Phi) is 2.87. The summed E-state index contributed by atoms with van der Waals surface area (Å²) in [4.78, 5) is 0. The minimum Gasteiger partial charge on any atom is -0.504 e. The number of hydrogen-bond donors (Lipinski definition) is 2. The van der Waals surface area contributed by atoms with Gasteiger partial charge in [0.05, 0.1) is 0 Å². The Bertz CT molecular complexity index is 627. The van der Waals surface area contributed by atoms with E-state index >= 15 is 0 Å². The highest BCUT2D eigenvalue weighted by atomic mass is 16.5. The predicted molar refractivity (Wildman–Crippen MR) is 89.9 cm³/mol. The molecule has 5 aliphatic rings. The summed E-state index contributed by atoms with van der Waals surface area (Å²) in [5, 5.41) is 14.2. The summed E-state index contributed by atoms with van der Waals surface area (Å²) >= 11 is 0. The van der Waals surface area contributed by atoms with Crippen molar-refractivity contribution in [1.29, 1.82) is 0 Å². The van der Waals surface area contributed by atoms with Gasteiger partial charge in [0.1, 0.15) is 6.10 Å². The highest BCUT2D eigenvalue weighted by Gasteiger charge is 2.71. The zero-order valence-corrected chi connectivity index (χ0v) is 14.0. The van der Waals surface area contributed by atoms with Crippen molar-refractivity contribution in [2.45, 2.75) is 57.0 Å². The second kappa shape index (κ2) is 4.66. The molecule has 2 aliphatic heterocycles. The van der Waals surface area contributed by atoms with Gasteiger partial charge in [-0.15, -0.1) is 0 Å². The first-order chi connectivity index (χ1) is 11.2. The van der Waals surface area contributed by atoms with Crippen molar-refractivity contribution < 1.29 is 9.84 Å². The Labute approximate surface area is 138 Å². The number of nitrogens with one attached hydrogen (secondary N) is 1. The van der Waals surface area contributed by atoms with Crippen LogP contribution in [0.1, 0.15) is 51.0 Å². The third-order valence-electron chi connectivity index (χ3n) is 7.56. The number of phenols is 1. The van der Waals surface area contributed by atoms with E-state index in [4.69, 9.17) is 4.74 Å². The van der Waals surface area contributed by atoms with E-state index in [2.05, 4.69) is 18.3 Å². The largest absolute Gasteiger partial charge is 0.504 e. The fourth-order valence-corrected chi connectivity index (χ4v) is 6.85. The Hall–Kier alpha value is -1.22. The van der Waals surface area contributed by atoms with E-state index in [0.29, 0.717) is 23.0 Å². The molecule has 3 unspecified atom stereocenters. The zero-order valence-electron chi connectivity index (χ0n) is 14.0. The van der Waals surface area contributed by atoms with Crippen molar-refractivity contribution >= 4 is 0 Å². The first kappa shape index (κ1) is 14.2. The molecule has 3 saturated carbocycles. The molecule has 1 aromatic rings. The Balaban J connectivity index is 1.78. The third-order valence-corrected chi connectivity index (χ3v) is 7.56. The number of piperidine rings is 1. The maximum atomic E-state index is 10.4. The van der Waals surface area contributed by atoms with Crippen LogP contribution in [0.15, 0.2) is 18.2 Å². The average molecular weight is 313 g/mol. The highest BCUT2D eigenvalue weighted by Crippen LogP contribution is 2.71. The summed E-state index contributed by atoms with van der Waals surface area (Å²) in [7, 11) is 0. The van der Waals surface area contributed by atoms with Crippen LogP contribution in [0.3, 0.4) is 0 Å². The number of fused-ring (bicyclic) bond motifs is 3. The molecule has 4 fully saturated rings. The van der Waals surface area contributed by atoms with Crippen molar-refractivity contribution in [1.82, 2.24) is 5.32 Å². The van der Waals surface area contributed by atoms with E-state index in [1.54, 1.807) is 6.07 Å². The second-order valence-electron chi connectivity index (χ2n) is 8.30. The Morgan fingerprint density at radius 1 is 1.30 bits per heavy atom. The number of phenolic OH excluding ortho intramolecular Hbond substituents is 1. The van der Waals surface area contributed by atoms with Gasteiger partial charge in [0.25, 0.3) is 0 Å². The molecule has 0 amide bonds. The Morgan fingerprint density at radius 2 is 2.13 bits per heavy atom. The van der Waals surface area contributed by atoms with Crippen LogP contribution in [-0.2, 0) is 5.41 Å². The van der Waals surface area contributed by atoms with E-state index in [-0.39, 0.29) is 11.5 Å². The first-order valence-electron chi connectivity index (χ1n) is 9.43. The van der Waals surface area contributed by atoms with E-state index in [0.717, 1.165) is 18.8 Å². The van der Waals surface area contributed by atoms with E-state index in [1.165, 1.54) is 44.1 Å². The second-order valence-corrected chi connectivity index (χ2v) is 8.30. The van der Waals surface area contributed by atoms with Crippen LogP contribution in [0, 0.1) is 17.3 Å². The highest BCUT2D eigenvalue weighted by molar-refractivity contribution is 5.56. The van der Waals surface area contributed by atoms with Crippen molar-refractivity contribution in [3.63, 3.8) is 0 Å². The van der Waals surface area contributed by atoms with Gasteiger partial charge in [0.15, 0.2) is 11.5 Å². The summed E-state index contributed by atoms with van der Waals surface area (Å²) in [5.74, 6) is 2.44. The van der Waals surface area contributed by atoms with Gasteiger partial charge in [-0.2, -0.15) is 0 Å². The lowest BCUT2D eigenvalue weighted by molar-refractivity contribution is -0.146. The molecule has 0 radical (unpaired) electrons. The molecule has 2 N–H and O–H groups in total. The van der Waals surface area contributed by atoms with Crippen LogP contribution >= 0.6 is 0 Å². The maximum Gasteiger partial charge on any atom is 0.165 e. The molecule has 124 valence electrons. The molecule has 3 atom stereocenters. The van der Waals surface area contributed by atoms with Crippen LogP contribution in [0.2, 0.25) is 0 Å². The van der Waals surface area contributed by atoms with Crippen LogP contribution in [0.5, 0.6) is 11.5 Å². The zero-order chi connectivity index (χ0) is 15.7. The molecule has 6 rings (SSSR count). The molecule has 3 heteroatoms. The summed E-state index contributed by atoms with van der Waals surface area (Å²) in [5.41, 5.74) is 1.78. The van der Waals surface area contributed by atoms with E-state index < -0.39 is 0 Å². The summed E-state index contributed by atoms with van der Waals surface area (Å²) in [6.07, 6.45) is 7.97. The number of ether oxygens (including phenoxy) is 1. The molecule has 2 spiro atoms. The van der Waals surface area contributed by atoms with Crippen molar-refractivity contribution in [2.75, 3.05) is 13.1 Å². The van der Waals surface area contributed by atoms with E-state index in [9.17, 15) is 5.11 Å². The topological polar surface area (TPSA) is 41.5 Å². The van der Waals surface area contributed by atoms with Crippen LogP contribution in [0.4, 0.5) is 0 Å². The molecule has 1 aromatic carbocycles. The Morgan fingerprint density at radius 3 is 2.91 bits per heavy atom. The predicted octanol–water partition coefficient (Wildman–Crippen LogP) is 3.60. The molecule has 2 heterocycles. The van der Waals surface area contributed by atoms with Crippen LogP contribution < -0.4 is 10.1 Å². The lowest BCUT2D eigenvalue weighted by Gasteiger charge is -2.66. The van der Waals surface area contributed by atoms with Gasteiger partial charge in [0, 0.05) is 17.5 Å². The van der Waals surface area contributed by atoms with Gasteiger partial charge in [-0.05, 0) is 62.0 Å². The normalized spacial score (nSPS) is 43.4. The minimum absolute atomic E-state index is 0.128. The van der Waals surface area contributed by atoms with Crippen LogP contribution in [-0.4, -0.2) is 24.3 Å². The summed E-state index contributed by atoms with van der Waals surface area (Å²) in [6, 6.07) is 6.07. The molecule has 3 aliphatic carbocycles. The van der Waals surface area contributed by atoms with Gasteiger partial charge >= 0.3 is 0 Å². The van der Waals surface area contributed by atoms with Gasteiger partial charge in [-0.1, -0.05) is 25.5 Å². The molecule has 3 nitrogen and oxygen atoms in total. The lowest BCUT2D eigenvalue weighted by atomic mass is 9.39. The van der Waals surface area contributed by atoms with Crippen molar-refractivity contribution in [2.24, 2.45) is 17.3 Å². The quantitative estimate of drug-likeness (QED) is 0.876. The number of hydrogen-bond acceptors (Lipinski definition) is 3. The molecule has 0 aromatic heterocycles. The van der Waals surface area contributed by atoms with Gasteiger partial charge in [0.2, 0.25) is 0 Å². The fraction of sp³-hybridized carbons (Fsp3) is 0.700. The smallest absolute Gasteiger partial charge is 0.165 e. The SMILES string of the molecule is CCCC1CNCC23CCC(CC2)C2Oc4c(O)cccc4C123. The van der Waals surface area contributed by atoms with Crippen molar-refractivity contribution in [3.8, 4) is 11.5 Å². The molecular formula is C20H27NO2. The van der Waals surface area contributed by atoms with Gasteiger partial charge < -0.3 is 15.2 Å². The molecule has 2 bridgehead atoms. The monoisotopic (exact) mass is 313 g/mol. The number of para-hydroxylation sites is 1. The number of benzene rings is 1. The third kappa shape index (κ3) is 1.51. The lowest BCUT2D eigenvalue weighted by Crippen LogP contribution is -2.71. The van der Waals surface area contributed by atoms with Gasteiger partial charge in [-0.25, -0.2) is 0 Å².